The van der Waals surface area contributed by atoms with E-state index < -0.39 is 0 Å². The van der Waals surface area contributed by atoms with Gasteiger partial charge in [-0.3, -0.25) is 0 Å². The van der Waals surface area contributed by atoms with E-state index in [0.29, 0.717) is 0 Å². The molecule has 0 fully saturated rings. The average Bonchev–Trinajstić information content (AvgIpc) is 2.62. The molecule has 0 unspecified atom stereocenters. The fourth-order valence-electron chi connectivity index (χ4n) is 1.59. The minimum atomic E-state index is 0.740. The Hall–Kier alpha value is -1.70. The van der Waals surface area contributed by atoms with E-state index >= 15 is 0 Å². The van der Waals surface area contributed by atoms with E-state index in [1.807, 2.05) is 25.3 Å². The molecule has 0 radical (unpaired) electrons. The van der Waals surface area contributed by atoms with Crippen molar-refractivity contribution >= 4 is 10.9 Å². The van der Waals surface area contributed by atoms with Crippen molar-refractivity contribution in [3.05, 3.63) is 48.4 Å². The Bertz CT molecular complexity index is 468. The summed E-state index contributed by atoms with van der Waals surface area (Å²) >= 11 is 0. The van der Waals surface area contributed by atoms with Gasteiger partial charge in [0.15, 0.2) is 0 Å². The van der Waals surface area contributed by atoms with Gasteiger partial charge in [0.2, 0.25) is 0 Å². The minimum absolute atomic E-state index is 0.740. The topological polar surface area (TPSA) is 25.2 Å². The van der Waals surface area contributed by atoms with Crippen molar-refractivity contribution in [3.63, 3.8) is 0 Å². The van der Waals surface area contributed by atoms with Crippen molar-refractivity contribution in [2.45, 2.75) is 13.5 Å². The van der Waals surface area contributed by atoms with Gasteiger partial charge in [0.1, 0.15) is 0 Å². The molecule has 0 aliphatic rings. The highest BCUT2D eigenvalue weighted by Gasteiger charge is 1.99. The van der Waals surface area contributed by atoms with Crippen LogP contribution in [0.5, 0.6) is 0 Å². The molecule has 72 valence electrons. The van der Waals surface area contributed by atoms with Crippen molar-refractivity contribution < 1.29 is 5.11 Å². The van der Waals surface area contributed by atoms with Gasteiger partial charge in [-0.25, -0.2) is 0 Å². The summed E-state index contributed by atoms with van der Waals surface area (Å²) in [5, 5.41) is 10.1. The fourth-order valence-corrected chi connectivity index (χ4v) is 1.59. The highest BCUT2D eigenvalue weighted by Crippen LogP contribution is 2.16. The molecule has 1 N–H and O–H groups in total. The second-order valence-electron chi connectivity index (χ2n) is 3.48. The summed E-state index contributed by atoms with van der Waals surface area (Å²) < 4.78 is 2.12. The van der Waals surface area contributed by atoms with Crippen LogP contribution in [-0.2, 0) is 6.54 Å². The molecule has 2 aromatic rings. The van der Waals surface area contributed by atoms with Crippen molar-refractivity contribution in [1.82, 2.24) is 4.57 Å². The molecule has 1 heterocycles. The maximum absolute atomic E-state index is 8.83. The zero-order valence-electron chi connectivity index (χ0n) is 8.14. The molecule has 0 spiro atoms. The van der Waals surface area contributed by atoms with E-state index in [1.165, 1.54) is 10.9 Å². The monoisotopic (exact) mass is 187 g/mol. The third kappa shape index (κ3) is 1.51. The maximum atomic E-state index is 8.83. The maximum Gasteiger partial charge on any atom is 0.0798 e. The van der Waals surface area contributed by atoms with Gasteiger partial charge in [-0.05, 0) is 30.0 Å². The second kappa shape index (κ2) is 3.58. The lowest BCUT2D eigenvalue weighted by Crippen LogP contribution is -1.96. The molecule has 0 atom stereocenters. The van der Waals surface area contributed by atoms with E-state index in [-0.39, 0.29) is 0 Å². The number of aliphatic hydroxyl groups excluding tert-OH is 1. The van der Waals surface area contributed by atoms with Crippen LogP contribution in [0.1, 0.15) is 6.92 Å². The van der Waals surface area contributed by atoms with Crippen molar-refractivity contribution in [3.8, 4) is 0 Å². The highest BCUT2D eigenvalue weighted by molar-refractivity contribution is 5.79. The predicted molar refractivity (Wildman–Crippen MR) is 58.3 cm³/mol. The van der Waals surface area contributed by atoms with Gasteiger partial charge in [0.25, 0.3) is 0 Å². The summed E-state index contributed by atoms with van der Waals surface area (Å²) in [5.74, 6) is 0. The van der Waals surface area contributed by atoms with Gasteiger partial charge in [0.05, 0.1) is 6.26 Å². The Morgan fingerprint density at radius 3 is 2.93 bits per heavy atom. The Balaban J connectivity index is 2.43. The first kappa shape index (κ1) is 8.88. The predicted octanol–water partition coefficient (Wildman–Crippen LogP) is 3.10. The van der Waals surface area contributed by atoms with E-state index in [9.17, 15) is 0 Å². The third-order valence-electron chi connectivity index (χ3n) is 2.32. The Labute approximate surface area is 83.1 Å². The zero-order valence-corrected chi connectivity index (χ0v) is 8.14. The Morgan fingerprint density at radius 2 is 2.14 bits per heavy atom. The molecular formula is C12H13NO. The molecule has 1 aromatic heterocycles. The van der Waals surface area contributed by atoms with Gasteiger partial charge < -0.3 is 9.67 Å². The number of nitrogens with zero attached hydrogens (tertiary/aromatic N) is 1. The Kier molecular flexibility index (Phi) is 2.27. The summed E-state index contributed by atoms with van der Waals surface area (Å²) in [6.45, 7) is 2.65. The quantitative estimate of drug-likeness (QED) is 0.718. The van der Waals surface area contributed by atoms with Gasteiger partial charge in [-0.1, -0.05) is 18.2 Å². The number of fused-ring (bicyclic) bond motifs is 1. The fraction of sp³-hybridized carbons (Fsp3) is 0.167. The molecule has 0 bridgehead atoms. The van der Waals surface area contributed by atoms with Crippen LogP contribution in [0, 0.1) is 0 Å². The summed E-state index contributed by atoms with van der Waals surface area (Å²) in [4.78, 5) is 0. The minimum Gasteiger partial charge on any atom is -0.516 e. The Morgan fingerprint density at radius 1 is 1.36 bits per heavy atom. The summed E-state index contributed by atoms with van der Waals surface area (Å²) in [7, 11) is 0. The first-order chi connectivity index (χ1) is 6.81. The zero-order chi connectivity index (χ0) is 9.97. The van der Waals surface area contributed by atoms with Crippen LogP contribution >= 0.6 is 0 Å². The van der Waals surface area contributed by atoms with Crippen LogP contribution in [0.4, 0.5) is 0 Å². The van der Waals surface area contributed by atoms with E-state index in [1.54, 1.807) is 0 Å². The van der Waals surface area contributed by atoms with Crippen LogP contribution in [0.2, 0.25) is 0 Å². The summed E-state index contributed by atoms with van der Waals surface area (Å²) in [6, 6.07) is 10.3. The number of aromatic nitrogens is 1. The first-order valence-corrected chi connectivity index (χ1v) is 4.65. The number of para-hydroxylation sites is 1. The van der Waals surface area contributed by atoms with Gasteiger partial charge in [0, 0.05) is 18.3 Å². The lowest BCUT2D eigenvalue weighted by molar-refractivity contribution is 0.463. The van der Waals surface area contributed by atoms with Gasteiger partial charge in [-0.2, -0.15) is 0 Å². The van der Waals surface area contributed by atoms with E-state index in [2.05, 4.69) is 22.8 Å². The second-order valence-corrected chi connectivity index (χ2v) is 3.48. The number of benzene rings is 1. The van der Waals surface area contributed by atoms with Crippen molar-refractivity contribution in [1.29, 1.82) is 0 Å². The largest absolute Gasteiger partial charge is 0.516 e. The molecule has 0 amide bonds. The van der Waals surface area contributed by atoms with Crippen LogP contribution < -0.4 is 0 Å². The van der Waals surface area contributed by atoms with Crippen LogP contribution in [0.3, 0.4) is 0 Å². The molecule has 14 heavy (non-hydrogen) atoms. The van der Waals surface area contributed by atoms with Gasteiger partial charge >= 0.3 is 0 Å². The van der Waals surface area contributed by atoms with Gasteiger partial charge in [-0.15, -0.1) is 0 Å². The highest BCUT2D eigenvalue weighted by atomic mass is 16.2. The lowest BCUT2D eigenvalue weighted by atomic mass is 10.2. The number of rotatable bonds is 2. The third-order valence-corrected chi connectivity index (χ3v) is 2.32. The molecule has 0 aliphatic heterocycles. The first-order valence-electron chi connectivity index (χ1n) is 4.65. The summed E-state index contributed by atoms with van der Waals surface area (Å²) in [5.41, 5.74) is 2.15. The van der Waals surface area contributed by atoms with Crippen LogP contribution in [-0.4, -0.2) is 9.67 Å². The van der Waals surface area contributed by atoms with E-state index in [4.69, 9.17) is 5.11 Å². The lowest BCUT2D eigenvalue weighted by Gasteiger charge is -2.04. The number of hydrogen-bond acceptors (Lipinski definition) is 1. The number of aliphatic hydroxyl groups is 1. The molecule has 2 heteroatoms. The van der Waals surface area contributed by atoms with Crippen LogP contribution in [0.15, 0.2) is 48.4 Å². The van der Waals surface area contributed by atoms with E-state index in [0.717, 1.165) is 18.4 Å². The molecule has 0 aliphatic carbocycles. The molecule has 2 rings (SSSR count). The van der Waals surface area contributed by atoms with Crippen LogP contribution in [0.25, 0.3) is 10.9 Å². The molecule has 1 aromatic carbocycles. The molecular weight excluding hydrogens is 174 g/mol. The number of allylic oxidation sites excluding steroid dienone is 1. The summed E-state index contributed by atoms with van der Waals surface area (Å²) in [6.07, 6.45) is 3.20. The molecule has 2 nitrogen and oxygen atoms in total. The average molecular weight is 187 g/mol. The van der Waals surface area contributed by atoms with Crippen molar-refractivity contribution in [2.24, 2.45) is 0 Å². The molecule has 0 saturated carbocycles. The van der Waals surface area contributed by atoms with Crippen molar-refractivity contribution in [2.75, 3.05) is 0 Å². The number of hydrogen-bond donors (Lipinski definition) is 1. The normalized spacial score (nSPS) is 12.2. The molecule has 0 saturated heterocycles. The SMILES string of the molecule is C/C(=C\O)Cn1ccc2ccccc21. The smallest absolute Gasteiger partial charge is 0.0798 e. The standard InChI is InChI=1S/C12H13NO/c1-10(9-14)8-13-7-6-11-4-2-3-5-12(11)13/h2-7,9,14H,8H2,1H3/b10-9+.